The molecule has 0 radical (unpaired) electrons. The quantitative estimate of drug-likeness (QED) is 0.613. The molecule has 0 heterocycles. The van der Waals surface area contributed by atoms with Crippen LogP contribution in [0.2, 0.25) is 0 Å². The molecule has 1 unspecified atom stereocenters. The second-order valence-electron chi connectivity index (χ2n) is 5.89. The molecule has 0 aromatic heterocycles. The van der Waals surface area contributed by atoms with Crippen LogP contribution in [-0.2, 0) is 14.4 Å². The highest BCUT2D eigenvalue weighted by Gasteiger charge is 2.51. The number of ether oxygens (including phenoxy) is 1. The fraction of sp³-hybridized carbons (Fsp3) is 0.846. The van der Waals surface area contributed by atoms with Crippen molar-refractivity contribution in [3.63, 3.8) is 0 Å². The van der Waals surface area contributed by atoms with E-state index < -0.39 is 28.3 Å². The van der Waals surface area contributed by atoms with E-state index in [2.05, 4.69) is 0 Å². The SMILES string of the molecule is CC[C@H](C)[C@@H](C(N)=O)[N+](C)(OC)C(=O)OC(C)(C)C. The summed E-state index contributed by atoms with van der Waals surface area (Å²) in [7, 11) is 2.86. The number of hydrogen-bond acceptors (Lipinski definition) is 4. The molecule has 0 fully saturated rings. The average molecular weight is 275 g/mol. The molecule has 0 aliphatic rings. The summed E-state index contributed by atoms with van der Waals surface area (Å²) >= 11 is 0. The van der Waals surface area contributed by atoms with Gasteiger partial charge in [0.1, 0.15) is 12.6 Å². The minimum Gasteiger partial charge on any atom is -0.412 e. The largest absolute Gasteiger partial charge is 0.550 e. The molecule has 0 saturated carbocycles. The molecule has 0 aromatic carbocycles. The number of primary amides is 1. The Kier molecular flexibility index (Phi) is 5.96. The molecule has 0 rings (SSSR count). The van der Waals surface area contributed by atoms with E-state index in [1.807, 2.05) is 13.8 Å². The van der Waals surface area contributed by atoms with E-state index in [4.69, 9.17) is 15.3 Å². The first-order chi connectivity index (χ1) is 8.49. The van der Waals surface area contributed by atoms with Gasteiger partial charge in [-0.25, -0.2) is 0 Å². The van der Waals surface area contributed by atoms with Gasteiger partial charge in [-0.3, -0.25) is 4.79 Å². The minimum atomic E-state index is -0.787. The number of carbonyl (C=O) groups is 2. The Labute approximate surface area is 115 Å². The fourth-order valence-electron chi connectivity index (χ4n) is 1.89. The lowest BCUT2D eigenvalue weighted by molar-refractivity contribution is -1.04. The van der Waals surface area contributed by atoms with E-state index in [-0.39, 0.29) is 5.92 Å². The predicted molar refractivity (Wildman–Crippen MR) is 71.9 cm³/mol. The third-order valence-electron chi connectivity index (χ3n) is 3.14. The number of hydroxylamine groups is 3. The van der Waals surface area contributed by atoms with E-state index in [0.717, 1.165) is 0 Å². The summed E-state index contributed by atoms with van der Waals surface area (Å²) in [4.78, 5) is 29.2. The van der Waals surface area contributed by atoms with E-state index in [1.54, 1.807) is 20.8 Å². The van der Waals surface area contributed by atoms with Crippen molar-refractivity contribution < 1.29 is 23.8 Å². The summed E-state index contributed by atoms with van der Waals surface area (Å²) in [5, 5.41) is 0. The monoisotopic (exact) mass is 275 g/mol. The first kappa shape index (κ1) is 17.9. The average Bonchev–Trinajstić information content (AvgIpc) is 2.25. The molecule has 2 amide bonds. The van der Waals surface area contributed by atoms with Crippen molar-refractivity contribution in [2.24, 2.45) is 11.7 Å². The highest BCUT2D eigenvalue weighted by Crippen LogP contribution is 2.24. The van der Waals surface area contributed by atoms with Crippen LogP contribution in [0.5, 0.6) is 0 Å². The fourth-order valence-corrected chi connectivity index (χ4v) is 1.89. The topological polar surface area (TPSA) is 78.6 Å². The van der Waals surface area contributed by atoms with Crippen LogP contribution in [-0.4, -0.2) is 42.4 Å². The van der Waals surface area contributed by atoms with Crippen LogP contribution < -0.4 is 5.73 Å². The zero-order valence-corrected chi connectivity index (χ0v) is 13.0. The van der Waals surface area contributed by atoms with Crippen LogP contribution in [0.4, 0.5) is 4.79 Å². The summed E-state index contributed by atoms with van der Waals surface area (Å²) < 4.78 is 4.71. The summed E-state index contributed by atoms with van der Waals surface area (Å²) in [5.74, 6) is -0.681. The minimum absolute atomic E-state index is 0.102. The van der Waals surface area contributed by atoms with Gasteiger partial charge >= 0.3 is 6.09 Å². The van der Waals surface area contributed by atoms with Gasteiger partial charge in [0, 0.05) is 5.92 Å². The van der Waals surface area contributed by atoms with Gasteiger partial charge in [0.25, 0.3) is 5.91 Å². The number of amides is 2. The van der Waals surface area contributed by atoms with E-state index in [0.29, 0.717) is 6.42 Å². The number of rotatable bonds is 5. The maximum atomic E-state index is 12.3. The zero-order valence-electron chi connectivity index (χ0n) is 13.0. The molecule has 6 nitrogen and oxygen atoms in total. The summed E-state index contributed by atoms with van der Waals surface area (Å²) in [6.07, 6.45) is 0.0762. The second kappa shape index (κ2) is 6.34. The number of nitrogens with zero attached hydrogens (tertiary/aromatic N) is 1. The first-order valence-corrected chi connectivity index (χ1v) is 6.44. The lowest BCUT2D eigenvalue weighted by Crippen LogP contribution is -2.63. The van der Waals surface area contributed by atoms with Crippen molar-refractivity contribution in [2.75, 3.05) is 14.2 Å². The van der Waals surface area contributed by atoms with Crippen molar-refractivity contribution >= 4 is 12.0 Å². The van der Waals surface area contributed by atoms with E-state index in [1.165, 1.54) is 14.2 Å². The smallest absolute Gasteiger partial charge is 0.412 e. The lowest BCUT2D eigenvalue weighted by Gasteiger charge is -2.36. The number of carbonyl (C=O) groups excluding carboxylic acids is 2. The Morgan fingerprint density at radius 1 is 1.32 bits per heavy atom. The number of nitrogens with two attached hydrogens (primary N) is 1. The summed E-state index contributed by atoms with van der Waals surface area (Å²) in [6.45, 7) is 9.05. The van der Waals surface area contributed by atoms with Crippen LogP contribution in [0.1, 0.15) is 41.0 Å². The molecule has 0 saturated heterocycles. The van der Waals surface area contributed by atoms with Gasteiger partial charge in [0.05, 0.1) is 7.11 Å². The predicted octanol–water partition coefficient (Wildman–Crippen LogP) is 1.83. The highest BCUT2D eigenvalue weighted by molar-refractivity contribution is 5.80. The maximum absolute atomic E-state index is 12.3. The summed E-state index contributed by atoms with van der Waals surface area (Å²) in [5.41, 5.74) is 4.77. The molecule has 19 heavy (non-hydrogen) atoms. The molecule has 3 atom stereocenters. The Bertz CT molecular complexity index is 338. The molecule has 112 valence electrons. The van der Waals surface area contributed by atoms with Crippen LogP contribution in [0, 0.1) is 5.92 Å². The Morgan fingerprint density at radius 2 is 1.79 bits per heavy atom. The molecule has 0 bridgehead atoms. The van der Waals surface area contributed by atoms with Crippen molar-refractivity contribution in [3.05, 3.63) is 0 Å². The van der Waals surface area contributed by atoms with Gasteiger partial charge in [-0.15, -0.1) is 0 Å². The van der Waals surface area contributed by atoms with Gasteiger partial charge in [0.15, 0.2) is 0 Å². The van der Waals surface area contributed by atoms with Crippen molar-refractivity contribution in [1.29, 1.82) is 0 Å². The van der Waals surface area contributed by atoms with Crippen LogP contribution in [0.15, 0.2) is 0 Å². The van der Waals surface area contributed by atoms with Gasteiger partial charge in [0.2, 0.25) is 6.04 Å². The molecule has 0 aliphatic heterocycles. The second-order valence-corrected chi connectivity index (χ2v) is 5.89. The number of likely N-dealkylation sites (N-methyl/N-ethyl adjacent to an activating group) is 1. The zero-order chi connectivity index (χ0) is 15.4. The maximum Gasteiger partial charge on any atom is 0.550 e. The Morgan fingerprint density at radius 3 is 2.05 bits per heavy atom. The van der Waals surface area contributed by atoms with E-state index >= 15 is 0 Å². The van der Waals surface area contributed by atoms with Gasteiger partial charge in [-0.05, 0) is 27.2 Å². The van der Waals surface area contributed by atoms with Gasteiger partial charge < -0.3 is 10.5 Å². The third-order valence-corrected chi connectivity index (χ3v) is 3.14. The van der Waals surface area contributed by atoms with Crippen LogP contribution >= 0.6 is 0 Å². The van der Waals surface area contributed by atoms with Crippen molar-refractivity contribution in [2.45, 2.75) is 52.7 Å². The van der Waals surface area contributed by atoms with Crippen molar-refractivity contribution in [1.82, 2.24) is 0 Å². The van der Waals surface area contributed by atoms with Gasteiger partial charge in [-0.1, -0.05) is 18.5 Å². The molecular formula is C13H27N2O4+. The highest BCUT2D eigenvalue weighted by atomic mass is 16.8. The standard InChI is InChI=1S/C13H26N2O4/c1-8-9(2)10(11(14)16)15(6,18-7)12(17)19-13(3,4)5/h9-10H,8H2,1-7H3,(H-,14,16)/p+1/t9-,10-,15?/m0/s1. The van der Waals surface area contributed by atoms with E-state index in [9.17, 15) is 9.59 Å². The first-order valence-electron chi connectivity index (χ1n) is 6.44. The molecule has 6 heteroatoms. The number of hydrogen-bond donors (Lipinski definition) is 1. The van der Waals surface area contributed by atoms with Gasteiger partial charge in [-0.2, -0.15) is 9.63 Å². The molecule has 0 aromatic rings. The Balaban J connectivity index is 5.42. The molecular weight excluding hydrogens is 248 g/mol. The Hall–Kier alpha value is -1.14. The number of quaternary nitrogens is 1. The molecule has 0 aliphatic carbocycles. The molecule has 2 N–H and O–H groups in total. The van der Waals surface area contributed by atoms with Crippen LogP contribution in [0.25, 0.3) is 0 Å². The molecule has 0 spiro atoms. The van der Waals surface area contributed by atoms with Crippen molar-refractivity contribution in [3.8, 4) is 0 Å². The summed E-state index contributed by atoms with van der Waals surface area (Å²) in [6, 6.07) is -0.787. The van der Waals surface area contributed by atoms with Crippen LogP contribution in [0.3, 0.4) is 0 Å². The lowest BCUT2D eigenvalue weighted by atomic mass is 9.97. The third kappa shape index (κ3) is 4.47. The normalized spacial score (nSPS) is 18.3.